The molecule has 4 rings (SSSR count). The fourth-order valence-electron chi connectivity index (χ4n) is 3.35. The number of hydrogen-bond acceptors (Lipinski definition) is 4. The highest BCUT2D eigenvalue weighted by Gasteiger charge is 2.28. The number of aromatic nitrogens is 2. The molecule has 0 amide bonds. The summed E-state index contributed by atoms with van der Waals surface area (Å²) in [6.45, 7) is 3.14. The zero-order valence-corrected chi connectivity index (χ0v) is 15.8. The van der Waals surface area contributed by atoms with Gasteiger partial charge in [-0.15, -0.1) is 0 Å². The molecule has 1 aromatic heterocycles. The van der Waals surface area contributed by atoms with E-state index in [0.29, 0.717) is 31.1 Å². The zero-order chi connectivity index (χ0) is 18.7. The minimum atomic E-state index is -3.41. The molecule has 1 aliphatic rings. The lowest BCUT2D eigenvalue weighted by Crippen LogP contribution is -2.48. The van der Waals surface area contributed by atoms with Gasteiger partial charge in [-0.05, 0) is 30.3 Å². The average Bonchev–Trinajstić information content (AvgIpc) is 3.18. The Hall–Kier alpha value is -2.48. The molecule has 0 atom stereocenters. The van der Waals surface area contributed by atoms with Crippen molar-refractivity contribution in [2.75, 3.05) is 26.2 Å². The molecule has 27 heavy (non-hydrogen) atoms. The number of benzene rings is 2. The molecule has 0 aliphatic carbocycles. The summed E-state index contributed by atoms with van der Waals surface area (Å²) in [5.74, 6) is 0. The van der Waals surface area contributed by atoms with Gasteiger partial charge < -0.3 is 0 Å². The highest BCUT2D eigenvalue weighted by molar-refractivity contribution is 7.89. The largest absolute Gasteiger partial charge is 0.295 e. The second kappa shape index (κ2) is 7.64. The molecule has 6 nitrogen and oxygen atoms in total. The van der Waals surface area contributed by atoms with Gasteiger partial charge in [-0.25, -0.2) is 13.1 Å². The second-order valence-corrected chi connectivity index (χ2v) is 8.50. The van der Waals surface area contributed by atoms with Gasteiger partial charge in [0.1, 0.15) is 0 Å². The molecule has 0 saturated carbocycles. The first-order valence-electron chi connectivity index (χ1n) is 9.00. The van der Waals surface area contributed by atoms with Gasteiger partial charge in [0.25, 0.3) is 0 Å². The lowest BCUT2D eigenvalue weighted by molar-refractivity contribution is 0.179. The maximum atomic E-state index is 12.7. The molecule has 1 aliphatic heterocycles. The van der Waals surface area contributed by atoms with Gasteiger partial charge in [0.2, 0.25) is 10.0 Å². The predicted molar refractivity (Wildman–Crippen MR) is 104 cm³/mol. The maximum Gasteiger partial charge on any atom is 0.243 e. The molecule has 0 spiro atoms. The Bertz CT molecular complexity index is 979. The third-order valence-corrected chi connectivity index (χ3v) is 6.73. The van der Waals surface area contributed by atoms with E-state index in [0.717, 1.165) is 17.9 Å². The standard InChI is InChI=1S/C20H22N4O2S/c25-27(26,20-9-5-2-6-10-20)23-15-13-22(14-16-23)17-19-11-12-21-24(19)18-7-3-1-4-8-18/h1-12H,13-17H2. The summed E-state index contributed by atoms with van der Waals surface area (Å²) in [7, 11) is -3.41. The van der Waals surface area contributed by atoms with E-state index in [9.17, 15) is 8.42 Å². The third-order valence-electron chi connectivity index (χ3n) is 4.82. The van der Waals surface area contributed by atoms with Gasteiger partial charge in [-0.1, -0.05) is 36.4 Å². The number of sulfonamides is 1. The Kier molecular flexibility index (Phi) is 5.07. The normalized spacial score (nSPS) is 16.4. The van der Waals surface area contributed by atoms with Crippen LogP contribution in [0.3, 0.4) is 0 Å². The third kappa shape index (κ3) is 3.80. The summed E-state index contributed by atoms with van der Waals surface area (Å²) >= 11 is 0. The van der Waals surface area contributed by atoms with Crippen molar-refractivity contribution in [3.8, 4) is 5.69 Å². The predicted octanol–water partition coefficient (Wildman–Crippen LogP) is 2.38. The van der Waals surface area contributed by atoms with Crippen molar-refractivity contribution >= 4 is 10.0 Å². The van der Waals surface area contributed by atoms with E-state index in [4.69, 9.17) is 0 Å². The lowest BCUT2D eigenvalue weighted by Gasteiger charge is -2.34. The Labute approximate surface area is 159 Å². The summed E-state index contributed by atoms with van der Waals surface area (Å²) in [5.41, 5.74) is 2.13. The van der Waals surface area contributed by atoms with Crippen LogP contribution in [0, 0.1) is 0 Å². The molecule has 0 bridgehead atoms. The number of para-hydroxylation sites is 1. The Balaban J connectivity index is 1.42. The second-order valence-electron chi connectivity index (χ2n) is 6.56. The lowest BCUT2D eigenvalue weighted by atomic mass is 10.3. The molecule has 1 fully saturated rings. The minimum Gasteiger partial charge on any atom is -0.295 e. The molecule has 0 unspecified atom stereocenters. The van der Waals surface area contributed by atoms with Crippen LogP contribution in [0.1, 0.15) is 5.69 Å². The molecule has 2 aromatic carbocycles. The van der Waals surface area contributed by atoms with E-state index in [2.05, 4.69) is 10.00 Å². The topological polar surface area (TPSA) is 58.4 Å². The van der Waals surface area contributed by atoms with Crippen molar-refractivity contribution in [2.45, 2.75) is 11.4 Å². The van der Waals surface area contributed by atoms with Crippen LogP contribution in [0.5, 0.6) is 0 Å². The summed E-state index contributed by atoms with van der Waals surface area (Å²) in [5, 5.41) is 4.43. The first kappa shape index (κ1) is 17.9. The summed E-state index contributed by atoms with van der Waals surface area (Å²) < 4.78 is 29.0. The molecule has 140 valence electrons. The minimum absolute atomic E-state index is 0.362. The number of hydrogen-bond donors (Lipinski definition) is 0. The van der Waals surface area contributed by atoms with Crippen LogP contribution < -0.4 is 0 Å². The molecule has 3 aromatic rings. The molecular weight excluding hydrogens is 360 g/mol. The van der Waals surface area contributed by atoms with Gasteiger partial charge in [0, 0.05) is 38.9 Å². The molecule has 0 N–H and O–H groups in total. The summed E-state index contributed by atoms with van der Waals surface area (Å²) in [6.07, 6.45) is 1.80. The van der Waals surface area contributed by atoms with Gasteiger partial charge in [-0.2, -0.15) is 9.40 Å². The average molecular weight is 382 g/mol. The van der Waals surface area contributed by atoms with Crippen molar-refractivity contribution in [1.29, 1.82) is 0 Å². The van der Waals surface area contributed by atoms with Crippen LogP contribution in [0.2, 0.25) is 0 Å². The Morgan fingerprint density at radius 1 is 0.815 bits per heavy atom. The highest BCUT2D eigenvalue weighted by Crippen LogP contribution is 2.19. The van der Waals surface area contributed by atoms with Crippen molar-refractivity contribution in [3.05, 3.63) is 78.6 Å². The number of piperazine rings is 1. The van der Waals surface area contributed by atoms with E-state index in [1.165, 1.54) is 0 Å². The molecule has 0 radical (unpaired) electrons. The van der Waals surface area contributed by atoms with Crippen LogP contribution in [0.4, 0.5) is 0 Å². The van der Waals surface area contributed by atoms with Gasteiger partial charge in [0.05, 0.1) is 16.3 Å². The zero-order valence-electron chi connectivity index (χ0n) is 15.0. The van der Waals surface area contributed by atoms with Gasteiger partial charge in [-0.3, -0.25) is 4.90 Å². The van der Waals surface area contributed by atoms with E-state index in [1.54, 1.807) is 34.8 Å². The molecule has 7 heteroatoms. The molecule has 1 saturated heterocycles. The van der Waals surface area contributed by atoms with Gasteiger partial charge in [0.15, 0.2) is 0 Å². The van der Waals surface area contributed by atoms with Crippen LogP contribution in [-0.2, 0) is 16.6 Å². The van der Waals surface area contributed by atoms with E-state index in [1.807, 2.05) is 47.1 Å². The maximum absolute atomic E-state index is 12.7. The van der Waals surface area contributed by atoms with E-state index >= 15 is 0 Å². The van der Waals surface area contributed by atoms with E-state index in [-0.39, 0.29) is 0 Å². The first-order chi connectivity index (χ1) is 13.1. The number of nitrogens with zero attached hydrogens (tertiary/aromatic N) is 4. The fourth-order valence-corrected chi connectivity index (χ4v) is 4.79. The Morgan fingerprint density at radius 2 is 1.44 bits per heavy atom. The molecular formula is C20H22N4O2S. The molecule has 2 heterocycles. The van der Waals surface area contributed by atoms with E-state index < -0.39 is 10.0 Å². The van der Waals surface area contributed by atoms with Crippen LogP contribution in [-0.4, -0.2) is 53.6 Å². The van der Waals surface area contributed by atoms with Crippen LogP contribution in [0.15, 0.2) is 77.8 Å². The SMILES string of the molecule is O=S(=O)(c1ccccc1)N1CCN(Cc2ccnn2-c2ccccc2)CC1. The Morgan fingerprint density at radius 3 is 2.11 bits per heavy atom. The van der Waals surface area contributed by atoms with Crippen LogP contribution in [0.25, 0.3) is 5.69 Å². The summed E-state index contributed by atoms with van der Waals surface area (Å²) in [6, 6.07) is 20.7. The smallest absolute Gasteiger partial charge is 0.243 e. The monoisotopic (exact) mass is 382 g/mol. The number of rotatable bonds is 5. The van der Waals surface area contributed by atoms with Gasteiger partial charge >= 0.3 is 0 Å². The summed E-state index contributed by atoms with van der Waals surface area (Å²) in [4.78, 5) is 2.63. The van der Waals surface area contributed by atoms with Crippen molar-refractivity contribution < 1.29 is 8.42 Å². The quantitative estimate of drug-likeness (QED) is 0.680. The first-order valence-corrected chi connectivity index (χ1v) is 10.4. The highest BCUT2D eigenvalue weighted by atomic mass is 32.2. The van der Waals surface area contributed by atoms with Crippen molar-refractivity contribution in [2.24, 2.45) is 0 Å². The fraction of sp³-hybridized carbons (Fsp3) is 0.250. The van der Waals surface area contributed by atoms with Crippen molar-refractivity contribution in [3.63, 3.8) is 0 Å². The van der Waals surface area contributed by atoms with Crippen molar-refractivity contribution in [1.82, 2.24) is 19.0 Å². The van der Waals surface area contributed by atoms with Crippen LogP contribution >= 0.6 is 0 Å².